The predicted octanol–water partition coefficient (Wildman–Crippen LogP) is 3.07. The fourth-order valence-electron chi connectivity index (χ4n) is 1.50. The van der Waals surface area contributed by atoms with E-state index in [0.29, 0.717) is 10.4 Å². The number of benzene rings is 1. The maximum atomic E-state index is 11.9. The van der Waals surface area contributed by atoms with E-state index in [-0.39, 0.29) is 12.2 Å². The number of thiocarbonyl (C=S) groups is 1. The average molecular weight is 241 g/mol. The van der Waals surface area contributed by atoms with Crippen LogP contribution in [0.5, 0.6) is 0 Å². The molecule has 0 fully saturated rings. The van der Waals surface area contributed by atoms with Crippen molar-refractivity contribution in [2.24, 2.45) is 0 Å². The highest BCUT2D eigenvalue weighted by molar-refractivity contribution is 7.80. The van der Waals surface area contributed by atoms with Crippen molar-refractivity contribution >= 4 is 22.9 Å². The van der Waals surface area contributed by atoms with Gasteiger partial charge in [-0.25, -0.2) is 0 Å². The summed E-state index contributed by atoms with van der Waals surface area (Å²) in [5.74, 6) is 0.00644. The van der Waals surface area contributed by atoms with E-state index in [9.17, 15) is 4.79 Å². The molecule has 3 heteroatoms. The van der Waals surface area contributed by atoms with Crippen LogP contribution in [0.25, 0.3) is 0 Å². The third-order valence-electron chi connectivity index (χ3n) is 2.40. The summed E-state index contributed by atoms with van der Waals surface area (Å²) in [4.78, 5) is 16.5. The molecule has 0 aliphatic carbocycles. The second-order valence-electron chi connectivity index (χ2n) is 3.63. The topological polar surface area (TPSA) is 30.0 Å². The molecule has 1 heterocycles. The van der Waals surface area contributed by atoms with Gasteiger partial charge in [0.25, 0.3) is 0 Å². The Labute approximate surface area is 105 Å². The van der Waals surface area contributed by atoms with E-state index in [4.69, 9.17) is 12.2 Å². The summed E-state index contributed by atoms with van der Waals surface area (Å²) in [6, 6.07) is 13.1. The van der Waals surface area contributed by atoms with E-state index in [1.54, 1.807) is 24.5 Å². The highest BCUT2D eigenvalue weighted by Gasteiger charge is 2.09. The molecule has 1 aromatic carbocycles. The summed E-state index contributed by atoms with van der Waals surface area (Å²) in [7, 11) is 0. The zero-order chi connectivity index (χ0) is 12.1. The van der Waals surface area contributed by atoms with Gasteiger partial charge in [-0.15, -0.1) is 0 Å². The van der Waals surface area contributed by atoms with Crippen LogP contribution in [0.1, 0.15) is 22.3 Å². The van der Waals surface area contributed by atoms with Crippen molar-refractivity contribution in [2.45, 2.75) is 6.42 Å². The summed E-state index contributed by atoms with van der Waals surface area (Å²) in [5, 5.41) is 0. The molecule has 0 aliphatic rings. The summed E-state index contributed by atoms with van der Waals surface area (Å²) in [6.07, 6.45) is 3.47. The number of nitrogens with zero attached hydrogens (tertiary/aromatic N) is 1. The lowest BCUT2D eigenvalue weighted by Gasteiger charge is -2.03. The van der Waals surface area contributed by atoms with E-state index < -0.39 is 0 Å². The fourth-order valence-corrected chi connectivity index (χ4v) is 1.77. The quantitative estimate of drug-likeness (QED) is 0.608. The molecule has 0 N–H and O–H groups in total. The first-order valence-corrected chi connectivity index (χ1v) is 5.69. The van der Waals surface area contributed by atoms with E-state index >= 15 is 0 Å². The number of hydrogen-bond donors (Lipinski definition) is 0. The fraction of sp³-hybridized carbons (Fsp3) is 0.0714. The van der Waals surface area contributed by atoms with Gasteiger partial charge in [-0.05, 0) is 17.7 Å². The van der Waals surface area contributed by atoms with Crippen molar-refractivity contribution in [3.05, 3.63) is 66.0 Å². The molecule has 0 atom stereocenters. The van der Waals surface area contributed by atoms with Gasteiger partial charge in [-0.1, -0.05) is 42.5 Å². The largest absolute Gasteiger partial charge is 0.294 e. The number of pyridine rings is 1. The van der Waals surface area contributed by atoms with Crippen LogP contribution in [0.2, 0.25) is 0 Å². The second kappa shape index (κ2) is 5.46. The third-order valence-corrected chi connectivity index (χ3v) is 2.78. The second-order valence-corrected chi connectivity index (χ2v) is 4.12. The molecule has 84 valence electrons. The number of ketones is 1. The van der Waals surface area contributed by atoms with Gasteiger partial charge in [0, 0.05) is 29.2 Å². The summed E-state index contributed by atoms with van der Waals surface area (Å²) < 4.78 is 0. The van der Waals surface area contributed by atoms with Gasteiger partial charge in [-0.3, -0.25) is 9.78 Å². The van der Waals surface area contributed by atoms with E-state index in [2.05, 4.69) is 4.98 Å². The predicted molar refractivity (Wildman–Crippen MR) is 71.3 cm³/mol. The standard InChI is InChI=1S/C14H11NOS/c16-13(12-7-4-8-15-10-12)9-14(17)11-5-2-1-3-6-11/h1-8,10H,9H2. The van der Waals surface area contributed by atoms with E-state index in [1.807, 2.05) is 30.3 Å². The van der Waals surface area contributed by atoms with Gasteiger partial charge in [0.1, 0.15) is 0 Å². The number of Topliss-reactive ketones (excluding diaryl/α,β-unsaturated/α-hetero) is 1. The molecule has 0 bridgehead atoms. The molecule has 0 amide bonds. The summed E-state index contributed by atoms with van der Waals surface area (Å²) in [5.41, 5.74) is 1.53. The minimum Gasteiger partial charge on any atom is -0.294 e. The molecule has 0 aliphatic heterocycles. The Balaban J connectivity index is 2.08. The molecule has 0 radical (unpaired) electrons. The minimum atomic E-state index is 0.00644. The Morgan fingerprint density at radius 1 is 1.06 bits per heavy atom. The first kappa shape index (κ1) is 11.6. The van der Waals surface area contributed by atoms with Gasteiger partial charge in [0.05, 0.1) is 0 Å². The summed E-state index contributed by atoms with van der Waals surface area (Å²) >= 11 is 5.26. The van der Waals surface area contributed by atoms with Gasteiger partial charge in [0.15, 0.2) is 5.78 Å². The van der Waals surface area contributed by atoms with Crippen molar-refractivity contribution in [3.63, 3.8) is 0 Å². The van der Waals surface area contributed by atoms with E-state index in [0.717, 1.165) is 5.56 Å². The zero-order valence-electron chi connectivity index (χ0n) is 9.17. The molecule has 1 aromatic heterocycles. The monoisotopic (exact) mass is 241 g/mol. The Kier molecular flexibility index (Phi) is 3.73. The lowest BCUT2D eigenvalue weighted by molar-refractivity contribution is 0.100. The average Bonchev–Trinajstić information content (AvgIpc) is 2.40. The highest BCUT2D eigenvalue weighted by atomic mass is 32.1. The van der Waals surface area contributed by atoms with Gasteiger partial charge >= 0.3 is 0 Å². The number of hydrogen-bond acceptors (Lipinski definition) is 3. The lowest BCUT2D eigenvalue weighted by Crippen LogP contribution is -2.07. The summed E-state index contributed by atoms with van der Waals surface area (Å²) in [6.45, 7) is 0. The SMILES string of the molecule is O=C(CC(=S)c1ccccc1)c1cccnc1. The number of carbonyl (C=O) groups is 1. The first-order chi connectivity index (χ1) is 8.27. The smallest absolute Gasteiger partial charge is 0.169 e. The molecular weight excluding hydrogens is 230 g/mol. The molecule has 0 unspecified atom stereocenters. The Morgan fingerprint density at radius 3 is 2.41 bits per heavy atom. The normalized spacial score (nSPS) is 9.88. The van der Waals surface area contributed by atoms with Crippen LogP contribution in [0.3, 0.4) is 0 Å². The van der Waals surface area contributed by atoms with Crippen LogP contribution in [0.4, 0.5) is 0 Å². The van der Waals surface area contributed by atoms with Crippen LogP contribution in [-0.2, 0) is 0 Å². The lowest BCUT2D eigenvalue weighted by atomic mass is 10.0. The van der Waals surface area contributed by atoms with Crippen molar-refractivity contribution < 1.29 is 4.79 Å². The number of aromatic nitrogens is 1. The molecule has 0 saturated heterocycles. The Hall–Kier alpha value is -1.87. The van der Waals surface area contributed by atoms with Crippen LogP contribution in [0, 0.1) is 0 Å². The first-order valence-electron chi connectivity index (χ1n) is 5.29. The molecule has 2 nitrogen and oxygen atoms in total. The maximum Gasteiger partial charge on any atom is 0.169 e. The third kappa shape index (κ3) is 3.04. The number of rotatable bonds is 4. The molecule has 17 heavy (non-hydrogen) atoms. The van der Waals surface area contributed by atoms with Crippen LogP contribution < -0.4 is 0 Å². The van der Waals surface area contributed by atoms with Crippen molar-refractivity contribution in [2.75, 3.05) is 0 Å². The van der Waals surface area contributed by atoms with Crippen LogP contribution in [-0.4, -0.2) is 15.6 Å². The van der Waals surface area contributed by atoms with Gasteiger partial charge in [-0.2, -0.15) is 0 Å². The molecule has 0 saturated carbocycles. The van der Waals surface area contributed by atoms with Crippen molar-refractivity contribution in [1.82, 2.24) is 4.98 Å². The molecule has 2 rings (SSSR count). The Bertz CT molecular complexity index is 473. The van der Waals surface area contributed by atoms with E-state index in [1.165, 1.54) is 0 Å². The molecular formula is C14H11NOS. The number of carbonyl (C=O) groups excluding carboxylic acids is 1. The van der Waals surface area contributed by atoms with Crippen molar-refractivity contribution in [1.29, 1.82) is 0 Å². The maximum absolute atomic E-state index is 11.9. The van der Waals surface area contributed by atoms with Gasteiger partial charge in [0.2, 0.25) is 0 Å². The highest BCUT2D eigenvalue weighted by Crippen LogP contribution is 2.09. The van der Waals surface area contributed by atoms with Crippen LogP contribution >= 0.6 is 12.2 Å². The zero-order valence-corrected chi connectivity index (χ0v) is 9.98. The molecule has 2 aromatic rings. The Morgan fingerprint density at radius 2 is 1.76 bits per heavy atom. The van der Waals surface area contributed by atoms with Gasteiger partial charge < -0.3 is 0 Å². The van der Waals surface area contributed by atoms with Crippen LogP contribution in [0.15, 0.2) is 54.9 Å². The minimum absolute atomic E-state index is 0.00644. The van der Waals surface area contributed by atoms with Crippen molar-refractivity contribution in [3.8, 4) is 0 Å². The molecule has 0 spiro atoms.